The van der Waals surface area contributed by atoms with Gasteiger partial charge in [0.15, 0.2) is 0 Å². The quantitative estimate of drug-likeness (QED) is 0.596. The van der Waals surface area contributed by atoms with Crippen LogP contribution in [-0.4, -0.2) is 31.0 Å². The lowest BCUT2D eigenvalue weighted by Crippen LogP contribution is -2.24. The van der Waals surface area contributed by atoms with Crippen LogP contribution in [0.15, 0.2) is 35.3 Å². The lowest BCUT2D eigenvalue weighted by atomic mass is 9.95. The number of ether oxygens (including phenoxy) is 1. The van der Waals surface area contributed by atoms with Gasteiger partial charge >= 0.3 is 6.03 Å². The van der Waals surface area contributed by atoms with Gasteiger partial charge < -0.3 is 4.74 Å². The highest BCUT2D eigenvalue weighted by atomic mass is 16.5. The fourth-order valence-corrected chi connectivity index (χ4v) is 1.98. The first-order chi connectivity index (χ1) is 8.52. The van der Waals surface area contributed by atoms with Crippen molar-refractivity contribution in [2.75, 3.05) is 14.2 Å². The SMILES string of the molecule is COC1=CC(/C=C2/C(=O)NC(=O)N2C)=CCC1C. The fourth-order valence-electron chi connectivity index (χ4n) is 1.98. The van der Waals surface area contributed by atoms with Gasteiger partial charge in [-0.05, 0) is 24.1 Å². The summed E-state index contributed by atoms with van der Waals surface area (Å²) in [6.45, 7) is 2.08. The predicted octanol–water partition coefficient (Wildman–Crippen LogP) is 1.55. The number of carbonyl (C=O) groups is 2. The van der Waals surface area contributed by atoms with Crippen LogP contribution in [0.3, 0.4) is 0 Å². The van der Waals surface area contributed by atoms with Crippen LogP contribution in [0.2, 0.25) is 0 Å². The minimum absolute atomic E-state index is 0.342. The van der Waals surface area contributed by atoms with Crippen molar-refractivity contribution in [3.8, 4) is 0 Å². The Morgan fingerprint density at radius 3 is 2.78 bits per heavy atom. The van der Waals surface area contributed by atoms with Crippen molar-refractivity contribution >= 4 is 11.9 Å². The summed E-state index contributed by atoms with van der Waals surface area (Å²) in [5.41, 5.74) is 1.24. The maximum absolute atomic E-state index is 11.6. The van der Waals surface area contributed by atoms with Crippen LogP contribution < -0.4 is 5.32 Å². The molecule has 18 heavy (non-hydrogen) atoms. The summed E-state index contributed by atoms with van der Waals surface area (Å²) in [5, 5.41) is 2.24. The molecule has 2 rings (SSSR count). The lowest BCUT2D eigenvalue weighted by molar-refractivity contribution is -0.116. The smallest absolute Gasteiger partial charge is 0.328 e. The number of nitrogens with one attached hydrogen (secondary N) is 1. The molecule has 1 N–H and O–H groups in total. The molecular weight excluding hydrogens is 232 g/mol. The van der Waals surface area contributed by atoms with Crippen LogP contribution in [-0.2, 0) is 9.53 Å². The molecule has 96 valence electrons. The molecule has 1 atom stereocenters. The van der Waals surface area contributed by atoms with Gasteiger partial charge in [0.05, 0.1) is 12.9 Å². The first kappa shape index (κ1) is 12.4. The molecule has 0 bridgehead atoms. The highest BCUT2D eigenvalue weighted by Gasteiger charge is 2.29. The van der Waals surface area contributed by atoms with Gasteiger partial charge in [-0.3, -0.25) is 15.0 Å². The van der Waals surface area contributed by atoms with E-state index < -0.39 is 6.03 Å². The number of hydrogen-bond donors (Lipinski definition) is 1. The van der Waals surface area contributed by atoms with E-state index in [-0.39, 0.29) is 5.91 Å². The van der Waals surface area contributed by atoms with Crippen LogP contribution in [0.4, 0.5) is 4.79 Å². The summed E-state index contributed by atoms with van der Waals surface area (Å²) < 4.78 is 5.28. The highest BCUT2D eigenvalue weighted by molar-refractivity contribution is 6.11. The average Bonchev–Trinajstić information content (AvgIpc) is 2.58. The van der Waals surface area contributed by atoms with E-state index in [1.54, 1.807) is 20.2 Å². The molecule has 1 fully saturated rings. The van der Waals surface area contributed by atoms with E-state index >= 15 is 0 Å². The van der Waals surface area contributed by atoms with Crippen molar-refractivity contribution in [2.45, 2.75) is 13.3 Å². The van der Waals surface area contributed by atoms with Crippen molar-refractivity contribution in [1.29, 1.82) is 0 Å². The average molecular weight is 248 g/mol. The summed E-state index contributed by atoms with van der Waals surface area (Å²) in [7, 11) is 3.20. The molecule has 0 aromatic heterocycles. The molecule has 5 nitrogen and oxygen atoms in total. The van der Waals surface area contributed by atoms with Gasteiger partial charge in [0.2, 0.25) is 0 Å². The van der Waals surface area contributed by atoms with Gasteiger partial charge in [0, 0.05) is 13.0 Å². The van der Waals surface area contributed by atoms with Crippen molar-refractivity contribution in [2.24, 2.45) is 5.92 Å². The van der Waals surface area contributed by atoms with E-state index in [1.807, 2.05) is 12.2 Å². The molecule has 1 aliphatic carbocycles. The van der Waals surface area contributed by atoms with Crippen LogP contribution in [0.1, 0.15) is 13.3 Å². The molecule has 5 heteroatoms. The summed E-state index contributed by atoms with van der Waals surface area (Å²) in [4.78, 5) is 24.2. The zero-order valence-electron chi connectivity index (χ0n) is 10.7. The van der Waals surface area contributed by atoms with Crippen LogP contribution in [0, 0.1) is 5.92 Å². The zero-order valence-corrected chi connectivity index (χ0v) is 10.7. The number of methoxy groups -OCH3 is 1. The molecular formula is C13H16N2O3. The maximum Gasteiger partial charge on any atom is 0.328 e. The summed E-state index contributed by atoms with van der Waals surface area (Å²) in [5.74, 6) is 0.861. The summed E-state index contributed by atoms with van der Waals surface area (Å²) >= 11 is 0. The predicted molar refractivity (Wildman–Crippen MR) is 66.3 cm³/mol. The van der Waals surface area contributed by atoms with Crippen molar-refractivity contribution in [1.82, 2.24) is 10.2 Å². The molecule has 1 aliphatic heterocycles. The van der Waals surface area contributed by atoms with Crippen molar-refractivity contribution in [3.05, 3.63) is 35.3 Å². The second-order valence-corrected chi connectivity index (χ2v) is 4.44. The van der Waals surface area contributed by atoms with E-state index in [9.17, 15) is 9.59 Å². The van der Waals surface area contributed by atoms with E-state index in [2.05, 4.69) is 12.2 Å². The number of nitrogens with zero attached hydrogens (tertiary/aromatic N) is 1. The Balaban J connectivity index is 2.27. The third-order valence-corrected chi connectivity index (χ3v) is 3.16. The number of rotatable bonds is 2. The molecule has 1 unspecified atom stereocenters. The third kappa shape index (κ3) is 2.16. The Kier molecular flexibility index (Phi) is 3.23. The number of urea groups is 1. The fraction of sp³-hybridized carbons (Fsp3) is 0.385. The van der Waals surface area contributed by atoms with Crippen LogP contribution in [0.25, 0.3) is 0 Å². The van der Waals surface area contributed by atoms with Crippen LogP contribution >= 0.6 is 0 Å². The van der Waals surface area contributed by atoms with E-state index in [0.717, 1.165) is 17.8 Å². The molecule has 1 heterocycles. The highest BCUT2D eigenvalue weighted by Crippen LogP contribution is 2.25. The Labute approximate surface area is 106 Å². The Bertz CT molecular complexity index is 488. The minimum atomic E-state index is -0.396. The van der Waals surface area contributed by atoms with Crippen molar-refractivity contribution < 1.29 is 14.3 Å². The zero-order chi connectivity index (χ0) is 13.3. The molecule has 0 aromatic rings. The number of carbonyl (C=O) groups excluding carboxylic acids is 2. The van der Waals surface area contributed by atoms with Gasteiger partial charge in [-0.15, -0.1) is 0 Å². The normalized spacial score (nSPS) is 26.1. The van der Waals surface area contributed by atoms with Gasteiger partial charge in [-0.25, -0.2) is 4.79 Å². The monoisotopic (exact) mass is 248 g/mol. The number of allylic oxidation sites excluding steroid dienone is 5. The number of hydrogen-bond acceptors (Lipinski definition) is 3. The summed E-state index contributed by atoms with van der Waals surface area (Å²) in [6, 6.07) is -0.396. The molecule has 1 saturated heterocycles. The largest absolute Gasteiger partial charge is 0.501 e. The standard InChI is InChI=1S/C13H16N2O3/c1-8-4-5-9(7-11(8)18-3)6-10-12(16)14-13(17)15(10)2/h5-8H,4H2,1-3H3,(H,14,16,17)/b10-6-. The lowest BCUT2D eigenvalue weighted by Gasteiger charge is -2.18. The maximum atomic E-state index is 11.6. The molecule has 0 spiro atoms. The van der Waals surface area contributed by atoms with Gasteiger partial charge in [-0.1, -0.05) is 13.0 Å². The number of likely N-dealkylation sites (N-methyl/N-ethyl adjacent to an activating group) is 1. The molecule has 0 radical (unpaired) electrons. The molecule has 3 amide bonds. The van der Waals surface area contributed by atoms with Gasteiger partial charge in [0.1, 0.15) is 5.70 Å². The first-order valence-corrected chi connectivity index (χ1v) is 5.79. The Hall–Kier alpha value is -2.04. The second kappa shape index (κ2) is 4.68. The molecule has 2 aliphatic rings. The second-order valence-electron chi connectivity index (χ2n) is 4.44. The third-order valence-electron chi connectivity index (χ3n) is 3.16. The van der Waals surface area contributed by atoms with E-state index in [4.69, 9.17) is 4.74 Å². The number of imide groups is 1. The molecule has 0 aromatic carbocycles. The number of amides is 3. The first-order valence-electron chi connectivity index (χ1n) is 5.79. The Morgan fingerprint density at radius 1 is 1.50 bits per heavy atom. The molecule has 0 saturated carbocycles. The van der Waals surface area contributed by atoms with E-state index in [1.165, 1.54) is 4.90 Å². The van der Waals surface area contributed by atoms with Crippen molar-refractivity contribution in [3.63, 3.8) is 0 Å². The van der Waals surface area contributed by atoms with Crippen LogP contribution in [0.5, 0.6) is 0 Å². The topological polar surface area (TPSA) is 58.6 Å². The Morgan fingerprint density at radius 2 is 2.22 bits per heavy atom. The van der Waals surface area contributed by atoms with E-state index in [0.29, 0.717) is 11.6 Å². The summed E-state index contributed by atoms with van der Waals surface area (Å²) in [6.07, 6.45) is 6.48. The van der Waals surface area contributed by atoms with Gasteiger partial charge in [0.25, 0.3) is 5.91 Å². The van der Waals surface area contributed by atoms with Gasteiger partial charge in [-0.2, -0.15) is 0 Å². The minimum Gasteiger partial charge on any atom is -0.501 e.